The SMILES string of the molecule is CCN(CC)CCCN=C1COC(=C2C(=O)Nc3cc(F)ccc32)C1. The number of nitrogens with zero attached hydrogens (tertiary/aromatic N) is 2. The van der Waals surface area contributed by atoms with Gasteiger partial charge in [0.1, 0.15) is 18.2 Å². The quantitative estimate of drug-likeness (QED) is 0.637. The van der Waals surface area contributed by atoms with Gasteiger partial charge in [-0.1, -0.05) is 13.8 Å². The van der Waals surface area contributed by atoms with E-state index in [1.54, 1.807) is 6.07 Å². The summed E-state index contributed by atoms with van der Waals surface area (Å²) in [5.74, 6) is 0.0248. The molecular formula is C19H24FN3O2. The van der Waals surface area contributed by atoms with Gasteiger partial charge in [-0.25, -0.2) is 4.39 Å². The van der Waals surface area contributed by atoms with Gasteiger partial charge in [0.25, 0.3) is 5.91 Å². The molecule has 0 saturated carbocycles. The van der Waals surface area contributed by atoms with Crippen LogP contribution >= 0.6 is 0 Å². The van der Waals surface area contributed by atoms with Crippen molar-refractivity contribution in [3.05, 3.63) is 35.3 Å². The summed E-state index contributed by atoms with van der Waals surface area (Å²) >= 11 is 0. The summed E-state index contributed by atoms with van der Waals surface area (Å²) in [6.07, 6.45) is 1.56. The average Bonchev–Trinajstić information content (AvgIpc) is 3.17. The van der Waals surface area contributed by atoms with Gasteiger partial charge in [0.05, 0.1) is 17.0 Å². The topological polar surface area (TPSA) is 53.9 Å². The first-order valence-electron chi connectivity index (χ1n) is 8.84. The standard InChI is InChI=1S/C19H24FN3O2/c1-3-23(4-2)9-5-8-21-14-11-17(25-12-14)18-15-7-6-13(20)10-16(15)22-19(18)24/h6-7,10H,3-5,8-9,11-12H2,1-2H3,(H,22,24). The number of ether oxygens (including phenoxy) is 1. The van der Waals surface area contributed by atoms with Crippen LogP contribution in [0.1, 0.15) is 32.3 Å². The van der Waals surface area contributed by atoms with Crippen LogP contribution in [-0.4, -0.2) is 49.3 Å². The molecule has 6 heteroatoms. The molecule has 2 aliphatic heterocycles. The minimum atomic E-state index is -0.368. The Morgan fingerprint density at radius 1 is 1.32 bits per heavy atom. The van der Waals surface area contributed by atoms with Gasteiger partial charge in [-0.2, -0.15) is 0 Å². The first-order valence-corrected chi connectivity index (χ1v) is 8.84. The molecule has 3 rings (SSSR count). The molecule has 25 heavy (non-hydrogen) atoms. The average molecular weight is 345 g/mol. The Morgan fingerprint density at radius 3 is 2.88 bits per heavy atom. The van der Waals surface area contributed by atoms with Crippen LogP contribution in [0.4, 0.5) is 10.1 Å². The number of allylic oxidation sites excluding steroid dienone is 1. The third-order valence-electron chi connectivity index (χ3n) is 4.64. The smallest absolute Gasteiger partial charge is 0.259 e. The molecule has 0 atom stereocenters. The molecule has 1 aromatic rings. The number of halogens is 1. The van der Waals surface area contributed by atoms with Crippen molar-refractivity contribution >= 4 is 22.9 Å². The van der Waals surface area contributed by atoms with Crippen molar-refractivity contribution in [2.24, 2.45) is 4.99 Å². The van der Waals surface area contributed by atoms with E-state index in [-0.39, 0.29) is 11.7 Å². The number of benzene rings is 1. The van der Waals surface area contributed by atoms with Crippen molar-refractivity contribution in [3.8, 4) is 0 Å². The zero-order valence-corrected chi connectivity index (χ0v) is 14.8. The molecule has 1 N–H and O–H groups in total. The Labute approximate surface area is 147 Å². The maximum absolute atomic E-state index is 13.3. The summed E-state index contributed by atoms with van der Waals surface area (Å²) in [5.41, 5.74) is 2.67. The number of carbonyl (C=O) groups excluding carboxylic acids is 1. The molecule has 1 aromatic carbocycles. The lowest BCUT2D eigenvalue weighted by atomic mass is 10.0. The second-order valence-corrected chi connectivity index (χ2v) is 6.24. The van der Waals surface area contributed by atoms with Crippen LogP contribution in [-0.2, 0) is 9.53 Å². The van der Waals surface area contributed by atoms with Gasteiger partial charge >= 0.3 is 0 Å². The van der Waals surface area contributed by atoms with E-state index in [1.165, 1.54) is 12.1 Å². The van der Waals surface area contributed by atoms with Crippen molar-refractivity contribution in [2.45, 2.75) is 26.7 Å². The van der Waals surface area contributed by atoms with E-state index >= 15 is 0 Å². The molecule has 1 fully saturated rings. The second-order valence-electron chi connectivity index (χ2n) is 6.24. The highest BCUT2D eigenvalue weighted by molar-refractivity contribution is 6.32. The molecule has 0 unspecified atom stereocenters. The fourth-order valence-corrected chi connectivity index (χ4v) is 3.21. The molecular weight excluding hydrogens is 321 g/mol. The maximum Gasteiger partial charge on any atom is 0.259 e. The summed E-state index contributed by atoms with van der Waals surface area (Å²) in [4.78, 5) is 19.2. The van der Waals surface area contributed by atoms with Crippen LogP contribution < -0.4 is 5.32 Å². The number of rotatable bonds is 6. The molecule has 5 nitrogen and oxygen atoms in total. The van der Waals surface area contributed by atoms with E-state index in [0.29, 0.717) is 35.6 Å². The zero-order valence-electron chi connectivity index (χ0n) is 14.8. The van der Waals surface area contributed by atoms with Crippen molar-refractivity contribution < 1.29 is 13.9 Å². The van der Waals surface area contributed by atoms with Crippen LogP contribution in [0.3, 0.4) is 0 Å². The van der Waals surface area contributed by atoms with Crippen LogP contribution in [0.25, 0.3) is 5.57 Å². The van der Waals surface area contributed by atoms with E-state index in [1.807, 2.05) is 0 Å². The van der Waals surface area contributed by atoms with Crippen LogP contribution in [0.2, 0.25) is 0 Å². The number of nitrogens with one attached hydrogen (secondary N) is 1. The maximum atomic E-state index is 13.3. The van der Waals surface area contributed by atoms with Gasteiger partial charge in [0.15, 0.2) is 0 Å². The minimum absolute atomic E-state index is 0.238. The zero-order chi connectivity index (χ0) is 17.8. The Kier molecular flexibility index (Phi) is 5.48. The van der Waals surface area contributed by atoms with E-state index < -0.39 is 0 Å². The molecule has 0 aliphatic carbocycles. The highest BCUT2D eigenvalue weighted by atomic mass is 19.1. The first-order chi connectivity index (χ1) is 12.1. The third-order valence-corrected chi connectivity index (χ3v) is 4.64. The first kappa shape index (κ1) is 17.6. The van der Waals surface area contributed by atoms with E-state index in [9.17, 15) is 9.18 Å². The Morgan fingerprint density at radius 2 is 2.12 bits per heavy atom. The number of aliphatic imine (C=N–C) groups is 1. The largest absolute Gasteiger partial charge is 0.491 e. The Hall–Kier alpha value is -2.21. The van der Waals surface area contributed by atoms with E-state index in [2.05, 4.69) is 29.1 Å². The number of hydrogen-bond acceptors (Lipinski definition) is 4. The van der Waals surface area contributed by atoms with Crippen molar-refractivity contribution in [1.82, 2.24) is 4.90 Å². The van der Waals surface area contributed by atoms with Gasteiger partial charge in [-0.05, 0) is 44.3 Å². The van der Waals surface area contributed by atoms with Crippen molar-refractivity contribution in [1.29, 1.82) is 0 Å². The predicted octanol–water partition coefficient (Wildman–Crippen LogP) is 3.08. The summed E-state index contributed by atoms with van der Waals surface area (Å²) in [7, 11) is 0. The van der Waals surface area contributed by atoms with Gasteiger partial charge in [0, 0.05) is 18.5 Å². The fraction of sp³-hybridized carbons (Fsp3) is 0.474. The van der Waals surface area contributed by atoms with E-state index in [4.69, 9.17) is 4.74 Å². The number of amides is 1. The van der Waals surface area contributed by atoms with E-state index in [0.717, 1.165) is 38.3 Å². The molecule has 1 saturated heterocycles. The second kappa shape index (κ2) is 7.78. The third kappa shape index (κ3) is 3.90. The number of hydrogen-bond donors (Lipinski definition) is 1. The Bertz CT molecular complexity index is 723. The molecule has 0 radical (unpaired) electrons. The van der Waals surface area contributed by atoms with Gasteiger partial charge in [-0.3, -0.25) is 9.79 Å². The minimum Gasteiger partial charge on any atom is -0.491 e. The number of anilines is 1. The van der Waals surface area contributed by atoms with Gasteiger partial charge < -0.3 is 15.0 Å². The molecule has 0 aromatic heterocycles. The molecule has 1 amide bonds. The molecule has 0 spiro atoms. The van der Waals surface area contributed by atoms with Crippen molar-refractivity contribution in [3.63, 3.8) is 0 Å². The van der Waals surface area contributed by atoms with Crippen LogP contribution in [0.15, 0.2) is 29.0 Å². The van der Waals surface area contributed by atoms with Gasteiger partial charge in [-0.15, -0.1) is 0 Å². The molecule has 2 heterocycles. The number of fused-ring (bicyclic) bond motifs is 1. The molecule has 2 aliphatic rings. The summed E-state index contributed by atoms with van der Waals surface area (Å²) in [6.45, 7) is 8.67. The summed E-state index contributed by atoms with van der Waals surface area (Å²) < 4.78 is 19.0. The summed E-state index contributed by atoms with van der Waals surface area (Å²) in [5, 5.41) is 2.70. The monoisotopic (exact) mass is 345 g/mol. The van der Waals surface area contributed by atoms with Crippen LogP contribution in [0, 0.1) is 5.82 Å². The number of carbonyl (C=O) groups is 1. The highest BCUT2D eigenvalue weighted by Crippen LogP contribution is 2.36. The lowest BCUT2D eigenvalue weighted by Crippen LogP contribution is -2.24. The molecule has 0 bridgehead atoms. The lowest BCUT2D eigenvalue weighted by Gasteiger charge is -2.16. The van der Waals surface area contributed by atoms with Crippen molar-refractivity contribution in [2.75, 3.05) is 38.1 Å². The predicted molar refractivity (Wildman–Crippen MR) is 97.2 cm³/mol. The fourth-order valence-electron chi connectivity index (χ4n) is 3.21. The summed E-state index contributed by atoms with van der Waals surface area (Å²) in [6, 6.07) is 4.31. The lowest BCUT2D eigenvalue weighted by molar-refractivity contribution is -0.110. The van der Waals surface area contributed by atoms with Crippen LogP contribution in [0.5, 0.6) is 0 Å². The Balaban J connectivity index is 1.66. The highest BCUT2D eigenvalue weighted by Gasteiger charge is 2.31. The normalized spacial score (nSPS) is 21.0. The van der Waals surface area contributed by atoms with Gasteiger partial charge in [0.2, 0.25) is 0 Å². The molecule has 134 valence electrons.